The van der Waals surface area contributed by atoms with Crippen molar-refractivity contribution >= 4 is 0 Å². The van der Waals surface area contributed by atoms with Gasteiger partial charge in [-0.05, 0) is 19.8 Å². The van der Waals surface area contributed by atoms with Crippen LogP contribution in [0.2, 0.25) is 0 Å². The van der Waals surface area contributed by atoms with E-state index in [9.17, 15) is 51.1 Å². The van der Waals surface area contributed by atoms with Gasteiger partial charge in [0.15, 0.2) is 5.79 Å². The maximum absolute atomic E-state index is 11.9. The largest absolute Gasteiger partial charge is 0.394 e. The molecule has 2 heterocycles. The monoisotopic (exact) mass is 658 g/mol. The summed E-state index contributed by atoms with van der Waals surface area (Å²) in [4.78, 5) is 0. The predicted octanol–water partition coefficient (Wildman–Crippen LogP) is -1.61. The molecule has 2 fully saturated rings. The molecule has 10 N–H and O–H groups in total. The van der Waals surface area contributed by atoms with Crippen molar-refractivity contribution in [3.8, 4) is 0 Å². The maximum atomic E-state index is 11.9. The summed E-state index contributed by atoms with van der Waals surface area (Å²) in [7, 11) is 0. The van der Waals surface area contributed by atoms with Crippen molar-refractivity contribution in [3.05, 3.63) is 0 Å². The first-order valence-corrected chi connectivity index (χ1v) is 16.3. The third-order valence-electron chi connectivity index (χ3n) is 8.39. The van der Waals surface area contributed by atoms with Gasteiger partial charge in [-0.2, -0.15) is 0 Å². The summed E-state index contributed by atoms with van der Waals surface area (Å²) in [5.41, 5.74) is 0. The molecular formula is C30H58O15. The average molecular weight is 659 g/mol. The van der Waals surface area contributed by atoms with E-state index in [1.54, 1.807) is 0 Å². The second-order valence-electron chi connectivity index (χ2n) is 12.4. The van der Waals surface area contributed by atoms with Gasteiger partial charge in [0.05, 0.1) is 38.6 Å². The molecule has 15 nitrogen and oxygen atoms in total. The smallest absolute Gasteiger partial charge is 0.251 e. The topological polar surface area (TPSA) is 248 Å². The summed E-state index contributed by atoms with van der Waals surface area (Å²) in [5.74, 6) is -8.23. The number of ether oxygens (including phenoxy) is 5. The molecule has 0 aromatic rings. The van der Waals surface area contributed by atoms with Crippen molar-refractivity contribution in [1.82, 2.24) is 0 Å². The van der Waals surface area contributed by atoms with Crippen LogP contribution >= 0.6 is 0 Å². The summed E-state index contributed by atoms with van der Waals surface area (Å²) in [6, 6.07) is 0. The minimum absolute atomic E-state index is 0.156. The molecule has 2 aliphatic heterocycles. The lowest BCUT2D eigenvalue weighted by atomic mass is 9.84. The van der Waals surface area contributed by atoms with Gasteiger partial charge >= 0.3 is 0 Å². The first kappa shape index (κ1) is 40.6. The zero-order valence-electron chi connectivity index (χ0n) is 26.8. The van der Waals surface area contributed by atoms with E-state index in [0.29, 0.717) is 19.4 Å². The van der Waals surface area contributed by atoms with Crippen LogP contribution in [-0.2, 0) is 23.7 Å². The molecule has 0 spiro atoms. The predicted molar refractivity (Wildman–Crippen MR) is 157 cm³/mol. The fourth-order valence-corrected chi connectivity index (χ4v) is 5.84. The van der Waals surface area contributed by atoms with E-state index in [4.69, 9.17) is 23.7 Å². The van der Waals surface area contributed by atoms with Crippen LogP contribution in [0.5, 0.6) is 0 Å². The van der Waals surface area contributed by atoms with Crippen molar-refractivity contribution in [2.24, 2.45) is 0 Å². The molecule has 2 saturated heterocycles. The normalized spacial score (nSPS) is 38.7. The van der Waals surface area contributed by atoms with Crippen LogP contribution in [0.1, 0.15) is 85.0 Å². The Bertz CT molecular complexity index is 822. The lowest BCUT2D eigenvalue weighted by Gasteiger charge is -2.57. The van der Waals surface area contributed by atoms with Gasteiger partial charge in [-0.15, -0.1) is 0 Å². The van der Waals surface area contributed by atoms with Gasteiger partial charge in [-0.3, -0.25) is 0 Å². The van der Waals surface area contributed by atoms with Crippen LogP contribution in [0.15, 0.2) is 0 Å². The van der Waals surface area contributed by atoms with E-state index in [0.717, 1.165) is 38.5 Å². The highest BCUT2D eigenvalue weighted by molar-refractivity contribution is 5.07. The molecule has 268 valence electrons. The summed E-state index contributed by atoms with van der Waals surface area (Å²) in [6.07, 6.45) is -10.6. The third-order valence-corrected chi connectivity index (χ3v) is 8.39. The van der Waals surface area contributed by atoms with Gasteiger partial charge in [-0.25, -0.2) is 0 Å². The van der Waals surface area contributed by atoms with E-state index in [-0.39, 0.29) is 13.2 Å². The Morgan fingerprint density at radius 2 is 1.33 bits per heavy atom. The van der Waals surface area contributed by atoms with Crippen molar-refractivity contribution in [1.29, 1.82) is 0 Å². The van der Waals surface area contributed by atoms with E-state index in [1.165, 1.54) is 6.92 Å². The standard InChI is InChI=1S/C30H58O15/c1-4-6-8-9-10-11-13-42-30(40)26(37)24(36)22(17-32)44-29(30,14-19(3)33)45-25-23(35)21(16-31)43-28(39,27(25)38)15-20(34)18-41-12-7-5-2/h19-27,31-40H,4-18H2,1-3H3/t19?,20?,21-,22-,23-,24-,25+,26+,27-,28-,29+,30-/m1/s1. The molecule has 2 rings (SSSR count). The molecule has 12 atom stereocenters. The first-order chi connectivity index (χ1) is 21.3. The number of hydrogen-bond acceptors (Lipinski definition) is 15. The molecule has 15 heteroatoms. The molecule has 0 saturated carbocycles. The Morgan fingerprint density at radius 1 is 0.733 bits per heavy atom. The van der Waals surface area contributed by atoms with Crippen LogP contribution < -0.4 is 0 Å². The zero-order valence-corrected chi connectivity index (χ0v) is 26.8. The van der Waals surface area contributed by atoms with E-state index in [2.05, 4.69) is 6.92 Å². The Morgan fingerprint density at radius 3 is 1.93 bits per heavy atom. The van der Waals surface area contributed by atoms with Gasteiger partial charge in [0.1, 0.15) is 42.7 Å². The number of hydrogen-bond donors (Lipinski definition) is 10. The van der Waals surface area contributed by atoms with Crippen molar-refractivity contribution < 1.29 is 74.7 Å². The van der Waals surface area contributed by atoms with Crippen LogP contribution in [0.3, 0.4) is 0 Å². The van der Waals surface area contributed by atoms with Crippen LogP contribution in [-0.4, -0.2) is 156 Å². The molecule has 0 aromatic carbocycles. The van der Waals surface area contributed by atoms with Gasteiger partial charge in [0.2, 0.25) is 5.79 Å². The molecular weight excluding hydrogens is 600 g/mol. The average Bonchev–Trinajstić information content (AvgIpc) is 2.99. The Balaban J connectivity index is 2.44. The van der Waals surface area contributed by atoms with Crippen LogP contribution in [0.4, 0.5) is 0 Å². The molecule has 45 heavy (non-hydrogen) atoms. The molecule has 0 amide bonds. The van der Waals surface area contributed by atoms with Gasteiger partial charge < -0.3 is 74.7 Å². The van der Waals surface area contributed by atoms with Crippen molar-refractivity contribution in [3.63, 3.8) is 0 Å². The highest BCUT2D eigenvalue weighted by Crippen LogP contribution is 2.46. The van der Waals surface area contributed by atoms with E-state index in [1.807, 2.05) is 6.92 Å². The molecule has 0 aromatic heterocycles. The summed E-state index contributed by atoms with van der Waals surface area (Å²) in [5, 5.41) is 109. The molecule has 0 radical (unpaired) electrons. The van der Waals surface area contributed by atoms with E-state index < -0.39 is 98.4 Å². The molecule has 2 unspecified atom stereocenters. The Labute approximate surface area is 265 Å². The Kier molecular flexibility index (Phi) is 17.0. The van der Waals surface area contributed by atoms with Gasteiger partial charge in [0.25, 0.3) is 5.79 Å². The maximum Gasteiger partial charge on any atom is 0.251 e. The fourth-order valence-electron chi connectivity index (χ4n) is 5.84. The van der Waals surface area contributed by atoms with Crippen LogP contribution in [0, 0.1) is 0 Å². The first-order valence-electron chi connectivity index (χ1n) is 16.3. The Hall–Kier alpha value is -0.600. The van der Waals surface area contributed by atoms with Crippen molar-refractivity contribution in [2.45, 2.75) is 157 Å². The number of rotatable bonds is 21. The number of aliphatic hydroxyl groups excluding tert-OH is 8. The summed E-state index contributed by atoms with van der Waals surface area (Å²) in [6.45, 7) is 3.56. The molecule has 0 bridgehead atoms. The van der Waals surface area contributed by atoms with Gasteiger partial charge in [-0.1, -0.05) is 52.4 Å². The van der Waals surface area contributed by atoms with Crippen molar-refractivity contribution in [2.75, 3.05) is 33.0 Å². The van der Waals surface area contributed by atoms with Gasteiger partial charge in [0, 0.05) is 19.4 Å². The minimum Gasteiger partial charge on any atom is -0.394 e. The highest BCUT2D eigenvalue weighted by atomic mass is 16.8. The summed E-state index contributed by atoms with van der Waals surface area (Å²) >= 11 is 0. The second kappa shape index (κ2) is 18.8. The number of unbranched alkanes of at least 4 members (excludes halogenated alkanes) is 6. The quantitative estimate of drug-likeness (QED) is 0.0492. The third kappa shape index (κ3) is 10.2. The lowest BCUT2D eigenvalue weighted by Crippen LogP contribution is -2.78. The minimum atomic E-state index is -2.93. The number of aliphatic hydroxyl groups is 10. The lowest BCUT2D eigenvalue weighted by molar-refractivity contribution is -0.490. The van der Waals surface area contributed by atoms with E-state index >= 15 is 0 Å². The molecule has 0 aliphatic carbocycles. The highest BCUT2D eigenvalue weighted by Gasteiger charge is 2.69. The second-order valence-corrected chi connectivity index (χ2v) is 12.4. The SMILES string of the molecule is CCCCCCCCO[C@]1(O)[C@@H](O)[C@H](O)[C@@H](CO)O[C@@]1(CC(C)O)O[C@H]1[C@H](O)[C@@H](CO)O[C@](O)(CC(O)COCCCC)[C@@H]1O. The fraction of sp³-hybridized carbons (Fsp3) is 1.00. The summed E-state index contributed by atoms with van der Waals surface area (Å²) < 4.78 is 28.5. The van der Waals surface area contributed by atoms with Crippen LogP contribution in [0.25, 0.3) is 0 Å². The molecule has 2 aliphatic rings. The zero-order chi connectivity index (χ0) is 33.8.